The molecule has 1 amide bonds. The molecule has 25 heavy (non-hydrogen) atoms. The van der Waals surface area contributed by atoms with Crippen LogP contribution in [0.2, 0.25) is 0 Å². The summed E-state index contributed by atoms with van der Waals surface area (Å²) >= 11 is 0. The van der Waals surface area contributed by atoms with Gasteiger partial charge in [0.15, 0.2) is 0 Å². The van der Waals surface area contributed by atoms with Crippen molar-refractivity contribution in [3.8, 4) is 0 Å². The summed E-state index contributed by atoms with van der Waals surface area (Å²) < 4.78 is 40.1. The van der Waals surface area contributed by atoms with Gasteiger partial charge in [0.25, 0.3) is 5.91 Å². The van der Waals surface area contributed by atoms with E-state index in [2.05, 4.69) is 10.1 Å². The highest BCUT2D eigenvalue weighted by molar-refractivity contribution is 5.81. The molecule has 2 unspecified atom stereocenters. The number of esters is 1. The van der Waals surface area contributed by atoms with Crippen LogP contribution in [-0.4, -0.2) is 59.7 Å². The molecule has 1 fully saturated rings. The second-order valence-electron chi connectivity index (χ2n) is 6.33. The molecule has 0 aromatic carbocycles. The van der Waals surface area contributed by atoms with Crippen LogP contribution in [0, 0.1) is 5.92 Å². The maximum Gasteiger partial charge on any atom is 0.490 e. The Hall–Kier alpha value is -1.39. The molecule has 3 atom stereocenters. The van der Waals surface area contributed by atoms with Gasteiger partial charge < -0.3 is 26.0 Å². The lowest BCUT2D eigenvalue weighted by Gasteiger charge is -2.27. The van der Waals surface area contributed by atoms with Crippen molar-refractivity contribution < 1.29 is 37.7 Å². The number of amides is 1. The quantitative estimate of drug-likeness (QED) is 0.454. The van der Waals surface area contributed by atoms with Crippen molar-refractivity contribution >= 4 is 11.9 Å². The summed E-state index contributed by atoms with van der Waals surface area (Å²) in [4.78, 5) is 22.5. The molecule has 7 nitrogen and oxygen atoms in total. The summed E-state index contributed by atoms with van der Waals surface area (Å²) in [6.07, 6.45) is -0.983. The van der Waals surface area contributed by atoms with Gasteiger partial charge in [0.1, 0.15) is 12.7 Å². The number of rotatable bonds is 8. The van der Waals surface area contributed by atoms with E-state index in [0.717, 1.165) is 32.1 Å². The zero-order chi connectivity index (χ0) is 19.0. The van der Waals surface area contributed by atoms with Crippen LogP contribution in [0.15, 0.2) is 0 Å². The Morgan fingerprint density at radius 1 is 1.24 bits per heavy atom. The van der Waals surface area contributed by atoms with Crippen LogP contribution in [0.5, 0.6) is 0 Å². The van der Waals surface area contributed by atoms with Crippen LogP contribution in [0.3, 0.4) is 0 Å². The first-order chi connectivity index (χ1) is 11.6. The molecule has 1 rings (SSSR count). The first-order valence-corrected chi connectivity index (χ1v) is 8.24. The van der Waals surface area contributed by atoms with E-state index in [0.29, 0.717) is 12.3 Å². The number of ether oxygens (including phenoxy) is 1. The van der Waals surface area contributed by atoms with Crippen molar-refractivity contribution in [2.24, 2.45) is 11.7 Å². The van der Waals surface area contributed by atoms with Gasteiger partial charge in [0.05, 0.1) is 12.6 Å². The molecule has 1 aliphatic rings. The lowest BCUT2D eigenvalue weighted by atomic mass is 9.84. The first kappa shape index (κ1) is 21.7. The Kier molecular flexibility index (Phi) is 8.60. The topological polar surface area (TPSA) is 122 Å². The minimum Gasteiger partial charge on any atom is -0.457 e. The molecule has 10 heteroatoms. The average Bonchev–Trinajstić information content (AvgIpc) is 2.57. The Morgan fingerprint density at radius 2 is 1.84 bits per heavy atom. The first-order valence-electron chi connectivity index (χ1n) is 8.24. The van der Waals surface area contributed by atoms with E-state index in [1.54, 1.807) is 0 Å². The number of aliphatic hydroxyl groups excluding tert-OH is 2. The fourth-order valence-electron chi connectivity index (χ4n) is 2.82. The third-order valence-electron chi connectivity index (χ3n) is 4.22. The van der Waals surface area contributed by atoms with Crippen LogP contribution < -0.4 is 11.1 Å². The third kappa shape index (κ3) is 7.57. The van der Waals surface area contributed by atoms with Crippen LogP contribution in [-0.2, 0) is 14.3 Å². The number of hydrogen-bond donors (Lipinski definition) is 4. The number of carbonyl (C=O) groups is 2. The van der Waals surface area contributed by atoms with Crippen molar-refractivity contribution in [2.45, 2.75) is 62.9 Å². The number of nitrogens with two attached hydrogens (primary N) is 1. The van der Waals surface area contributed by atoms with Crippen molar-refractivity contribution in [1.82, 2.24) is 5.32 Å². The molecule has 0 spiro atoms. The predicted molar refractivity (Wildman–Crippen MR) is 81.2 cm³/mol. The Balaban J connectivity index is 2.43. The van der Waals surface area contributed by atoms with Crippen molar-refractivity contribution in [1.29, 1.82) is 0 Å². The van der Waals surface area contributed by atoms with Gasteiger partial charge in [-0.15, -0.1) is 0 Å². The Morgan fingerprint density at radius 3 is 2.36 bits per heavy atom. The lowest BCUT2D eigenvalue weighted by Crippen LogP contribution is -2.52. The fourth-order valence-corrected chi connectivity index (χ4v) is 2.82. The van der Waals surface area contributed by atoms with Gasteiger partial charge in [-0.2, -0.15) is 13.2 Å². The number of aliphatic hydroxyl groups is 2. The fraction of sp³-hybridized carbons (Fsp3) is 0.867. The predicted octanol–water partition coefficient (Wildman–Crippen LogP) is 0.228. The number of hydrogen-bond acceptors (Lipinski definition) is 6. The van der Waals surface area contributed by atoms with Crippen LogP contribution in [0.4, 0.5) is 13.2 Å². The van der Waals surface area contributed by atoms with Crippen molar-refractivity contribution in [3.63, 3.8) is 0 Å². The summed E-state index contributed by atoms with van der Waals surface area (Å²) in [5, 5.41) is 21.2. The van der Waals surface area contributed by atoms with E-state index in [9.17, 15) is 27.9 Å². The van der Waals surface area contributed by atoms with E-state index in [1.807, 2.05) is 0 Å². The largest absolute Gasteiger partial charge is 0.490 e. The number of alkyl halides is 3. The summed E-state index contributed by atoms with van der Waals surface area (Å²) in [5.41, 5.74) is 5.84. The van der Waals surface area contributed by atoms with Gasteiger partial charge >= 0.3 is 12.1 Å². The standard InChI is InChI=1S/C15H25F3N2O5/c16-15(17,18)14(24)25-8-10(7-21)20-13(23)12(22)11(19)6-9-4-2-1-3-5-9/h9-12,21-22H,1-8,19H2,(H,20,23)/t10?,11-,12?/m1/s1. The number of carbonyl (C=O) groups excluding carboxylic acids is 2. The van der Waals surface area contributed by atoms with Gasteiger partial charge in [-0.05, 0) is 12.3 Å². The molecule has 0 radical (unpaired) electrons. The van der Waals surface area contributed by atoms with E-state index in [4.69, 9.17) is 10.8 Å². The van der Waals surface area contributed by atoms with Gasteiger partial charge in [-0.25, -0.2) is 4.79 Å². The van der Waals surface area contributed by atoms with E-state index in [1.165, 1.54) is 0 Å². The molecule has 0 bridgehead atoms. The molecule has 0 aromatic rings. The highest BCUT2D eigenvalue weighted by atomic mass is 19.4. The Labute approximate surface area is 143 Å². The zero-order valence-electron chi connectivity index (χ0n) is 13.8. The SMILES string of the molecule is N[C@H](CC1CCCCC1)C(O)C(=O)NC(CO)COC(=O)C(F)(F)F. The average molecular weight is 370 g/mol. The van der Waals surface area contributed by atoms with Gasteiger partial charge in [0.2, 0.25) is 0 Å². The van der Waals surface area contributed by atoms with Gasteiger partial charge in [0, 0.05) is 6.04 Å². The second-order valence-corrected chi connectivity index (χ2v) is 6.33. The smallest absolute Gasteiger partial charge is 0.457 e. The van der Waals surface area contributed by atoms with Gasteiger partial charge in [-0.1, -0.05) is 32.1 Å². The van der Waals surface area contributed by atoms with E-state index in [-0.39, 0.29) is 0 Å². The molecular weight excluding hydrogens is 345 g/mol. The molecule has 0 aliphatic heterocycles. The lowest BCUT2D eigenvalue weighted by molar-refractivity contribution is -0.200. The van der Waals surface area contributed by atoms with Crippen LogP contribution in [0.25, 0.3) is 0 Å². The molecule has 1 aliphatic carbocycles. The second kappa shape index (κ2) is 9.93. The highest BCUT2D eigenvalue weighted by Gasteiger charge is 2.41. The summed E-state index contributed by atoms with van der Waals surface area (Å²) in [6.45, 7) is -1.63. The summed E-state index contributed by atoms with van der Waals surface area (Å²) in [5.74, 6) is -3.02. The third-order valence-corrected chi connectivity index (χ3v) is 4.22. The minimum absolute atomic E-state index is 0.326. The van der Waals surface area contributed by atoms with Crippen LogP contribution >= 0.6 is 0 Å². The minimum atomic E-state index is -5.16. The molecule has 1 saturated carbocycles. The van der Waals surface area contributed by atoms with E-state index < -0.39 is 49.5 Å². The molecular formula is C15H25F3N2O5. The van der Waals surface area contributed by atoms with Gasteiger partial charge in [-0.3, -0.25) is 4.79 Å². The summed E-state index contributed by atoms with van der Waals surface area (Å²) in [6, 6.07) is -2.09. The zero-order valence-corrected chi connectivity index (χ0v) is 13.8. The molecule has 0 aromatic heterocycles. The normalized spacial score (nSPS) is 19.8. The van der Waals surface area contributed by atoms with Crippen molar-refractivity contribution in [3.05, 3.63) is 0 Å². The Bertz CT molecular complexity index is 441. The molecule has 0 saturated heterocycles. The number of nitrogens with one attached hydrogen (secondary N) is 1. The molecule has 146 valence electrons. The maximum absolute atomic E-state index is 12.0. The van der Waals surface area contributed by atoms with Crippen molar-refractivity contribution in [2.75, 3.05) is 13.2 Å². The van der Waals surface area contributed by atoms with Crippen LogP contribution in [0.1, 0.15) is 38.5 Å². The highest BCUT2D eigenvalue weighted by Crippen LogP contribution is 2.27. The maximum atomic E-state index is 12.0. The van der Waals surface area contributed by atoms with E-state index >= 15 is 0 Å². The monoisotopic (exact) mass is 370 g/mol. The molecule has 5 N–H and O–H groups in total. The number of halogens is 3. The summed E-state index contributed by atoms with van der Waals surface area (Å²) in [7, 11) is 0. The molecule has 0 heterocycles.